The number of hydrogen-bond donors (Lipinski definition) is 1. The first-order chi connectivity index (χ1) is 14.6. The van der Waals surface area contributed by atoms with Gasteiger partial charge in [0.2, 0.25) is 11.8 Å². The minimum Gasteiger partial charge on any atom is -0.354 e. The van der Waals surface area contributed by atoms with Gasteiger partial charge in [0.25, 0.3) is 0 Å². The fourth-order valence-electron chi connectivity index (χ4n) is 5.69. The zero-order valence-electron chi connectivity index (χ0n) is 18.5. The number of nitrogens with zero attached hydrogens (tertiary/aromatic N) is 2. The van der Waals surface area contributed by atoms with Crippen molar-refractivity contribution in [3.05, 3.63) is 35.4 Å². The van der Waals surface area contributed by atoms with Gasteiger partial charge in [-0.25, -0.2) is 0 Å². The SMILES string of the molecule is Cc1cccc(C2(C(=O)NCCN3CCN(C(=O)C4CCCC4)CC3)CCCC2)c1. The van der Waals surface area contributed by atoms with E-state index < -0.39 is 0 Å². The summed E-state index contributed by atoms with van der Waals surface area (Å²) in [6.07, 6.45) is 8.72. The Hall–Kier alpha value is -1.88. The molecule has 1 aliphatic heterocycles. The second-order valence-electron chi connectivity index (χ2n) is 9.56. The Bertz CT molecular complexity index is 743. The Kier molecular flexibility index (Phi) is 6.77. The average molecular weight is 412 g/mol. The number of aryl methyl sites for hydroxylation is 1. The molecule has 2 amide bonds. The zero-order valence-corrected chi connectivity index (χ0v) is 18.5. The van der Waals surface area contributed by atoms with E-state index in [1.807, 2.05) is 0 Å². The van der Waals surface area contributed by atoms with Crippen LogP contribution in [0, 0.1) is 12.8 Å². The predicted octanol–water partition coefficient (Wildman–Crippen LogP) is 3.26. The zero-order chi connectivity index (χ0) is 21.0. The standard InChI is InChI=1S/C25H37N3O2/c1-20-7-6-10-22(19-20)25(11-4-5-12-25)24(30)26-13-14-27-15-17-28(18-16-27)23(29)21-8-2-3-9-21/h6-7,10,19,21H,2-5,8-9,11-18H2,1H3,(H,26,30). The molecule has 1 N–H and O–H groups in total. The molecule has 0 atom stereocenters. The molecule has 4 rings (SSSR count). The molecular weight excluding hydrogens is 374 g/mol. The number of carbonyl (C=O) groups excluding carboxylic acids is 2. The minimum absolute atomic E-state index is 0.195. The lowest BCUT2D eigenvalue weighted by Crippen LogP contribution is -2.52. The van der Waals surface area contributed by atoms with Gasteiger partial charge in [-0.2, -0.15) is 0 Å². The molecule has 30 heavy (non-hydrogen) atoms. The van der Waals surface area contributed by atoms with Gasteiger partial charge in [0, 0.05) is 45.2 Å². The summed E-state index contributed by atoms with van der Waals surface area (Å²) in [6.45, 7) is 7.13. The molecule has 5 heteroatoms. The lowest BCUT2D eigenvalue weighted by atomic mass is 9.77. The molecule has 1 heterocycles. The monoisotopic (exact) mass is 411 g/mol. The molecule has 3 fully saturated rings. The number of rotatable bonds is 6. The van der Waals surface area contributed by atoms with Crippen molar-refractivity contribution in [1.29, 1.82) is 0 Å². The highest BCUT2D eigenvalue weighted by atomic mass is 16.2. The Morgan fingerprint density at radius 2 is 1.73 bits per heavy atom. The lowest BCUT2D eigenvalue weighted by molar-refractivity contribution is -0.137. The van der Waals surface area contributed by atoms with Gasteiger partial charge in [-0.1, -0.05) is 55.5 Å². The fourth-order valence-corrected chi connectivity index (χ4v) is 5.69. The quantitative estimate of drug-likeness (QED) is 0.782. The van der Waals surface area contributed by atoms with Crippen LogP contribution in [0.4, 0.5) is 0 Å². The van der Waals surface area contributed by atoms with E-state index in [0.29, 0.717) is 12.5 Å². The molecule has 0 aromatic heterocycles. The molecule has 0 bridgehead atoms. The van der Waals surface area contributed by atoms with Crippen molar-refractivity contribution in [3.63, 3.8) is 0 Å². The normalized spacial score (nSPS) is 22.4. The van der Waals surface area contributed by atoms with Crippen LogP contribution in [0.2, 0.25) is 0 Å². The first-order valence-corrected chi connectivity index (χ1v) is 12.0. The maximum Gasteiger partial charge on any atom is 0.230 e. The molecule has 1 aromatic rings. The van der Waals surface area contributed by atoms with Gasteiger partial charge < -0.3 is 10.2 Å². The van der Waals surface area contributed by atoms with Crippen molar-refractivity contribution in [3.8, 4) is 0 Å². The molecule has 0 radical (unpaired) electrons. The van der Waals surface area contributed by atoms with Crippen LogP contribution < -0.4 is 5.32 Å². The van der Waals surface area contributed by atoms with Crippen molar-refractivity contribution in [1.82, 2.24) is 15.1 Å². The van der Waals surface area contributed by atoms with E-state index >= 15 is 0 Å². The van der Waals surface area contributed by atoms with Gasteiger partial charge in [-0.15, -0.1) is 0 Å². The first kappa shape index (κ1) is 21.4. The van der Waals surface area contributed by atoms with Crippen LogP contribution in [-0.4, -0.2) is 60.9 Å². The summed E-state index contributed by atoms with van der Waals surface area (Å²) in [5.41, 5.74) is 2.05. The Morgan fingerprint density at radius 1 is 1.03 bits per heavy atom. The van der Waals surface area contributed by atoms with Crippen LogP contribution in [0.1, 0.15) is 62.5 Å². The number of nitrogens with one attached hydrogen (secondary N) is 1. The summed E-state index contributed by atoms with van der Waals surface area (Å²) >= 11 is 0. The number of piperazine rings is 1. The molecule has 164 valence electrons. The molecule has 0 spiro atoms. The summed E-state index contributed by atoms with van der Waals surface area (Å²) in [5, 5.41) is 3.25. The van der Waals surface area contributed by atoms with Crippen LogP contribution in [0.15, 0.2) is 24.3 Å². The van der Waals surface area contributed by atoms with E-state index in [9.17, 15) is 9.59 Å². The van der Waals surface area contributed by atoms with E-state index in [1.165, 1.54) is 24.0 Å². The van der Waals surface area contributed by atoms with E-state index in [0.717, 1.165) is 71.2 Å². The van der Waals surface area contributed by atoms with Crippen LogP contribution in [0.3, 0.4) is 0 Å². The van der Waals surface area contributed by atoms with E-state index in [4.69, 9.17) is 0 Å². The highest BCUT2D eigenvalue weighted by Gasteiger charge is 2.42. The summed E-state index contributed by atoms with van der Waals surface area (Å²) in [5.74, 6) is 0.850. The van der Waals surface area contributed by atoms with Crippen LogP contribution in [0.25, 0.3) is 0 Å². The third kappa shape index (κ3) is 4.56. The largest absolute Gasteiger partial charge is 0.354 e. The maximum absolute atomic E-state index is 13.2. The summed E-state index contributed by atoms with van der Waals surface area (Å²) < 4.78 is 0. The number of amides is 2. The van der Waals surface area contributed by atoms with Gasteiger partial charge in [-0.05, 0) is 38.2 Å². The van der Waals surface area contributed by atoms with Crippen molar-refractivity contribution in [2.45, 2.75) is 63.7 Å². The van der Waals surface area contributed by atoms with E-state index in [2.05, 4.69) is 46.3 Å². The van der Waals surface area contributed by atoms with Crippen LogP contribution in [-0.2, 0) is 15.0 Å². The summed E-state index contributed by atoms with van der Waals surface area (Å²) in [7, 11) is 0. The van der Waals surface area contributed by atoms with Gasteiger partial charge in [0.15, 0.2) is 0 Å². The predicted molar refractivity (Wildman–Crippen MR) is 119 cm³/mol. The molecule has 5 nitrogen and oxygen atoms in total. The second-order valence-corrected chi connectivity index (χ2v) is 9.56. The molecule has 3 aliphatic rings. The molecule has 2 saturated carbocycles. The number of carbonyl (C=O) groups is 2. The molecule has 0 unspecified atom stereocenters. The molecule has 1 saturated heterocycles. The Labute approximate surface area is 181 Å². The van der Waals surface area contributed by atoms with Crippen LogP contribution in [0.5, 0.6) is 0 Å². The van der Waals surface area contributed by atoms with Gasteiger partial charge >= 0.3 is 0 Å². The van der Waals surface area contributed by atoms with Crippen molar-refractivity contribution in [2.24, 2.45) is 5.92 Å². The minimum atomic E-state index is -0.349. The smallest absolute Gasteiger partial charge is 0.230 e. The number of hydrogen-bond acceptors (Lipinski definition) is 3. The molecule has 1 aromatic carbocycles. The molecular formula is C25H37N3O2. The molecule has 2 aliphatic carbocycles. The average Bonchev–Trinajstić information content (AvgIpc) is 3.47. The van der Waals surface area contributed by atoms with Crippen molar-refractivity contribution in [2.75, 3.05) is 39.3 Å². The van der Waals surface area contributed by atoms with Gasteiger partial charge in [0.05, 0.1) is 5.41 Å². The van der Waals surface area contributed by atoms with Crippen molar-refractivity contribution < 1.29 is 9.59 Å². The van der Waals surface area contributed by atoms with Gasteiger partial charge in [-0.3, -0.25) is 14.5 Å². The number of benzene rings is 1. The highest BCUT2D eigenvalue weighted by molar-refractivity contribution is 5.88. The van der Waals surface area contributed by atoms with E-state index in [1.54, 1.807) is 0 Å². The lowest BCUT2D eigenvalue weighted by Gasteiger charge is -2.36. The third-order valence-electron chi connectivity index (χ3n) is 7.56. The third-order valence-corrected chi connectivity index (χ3v) is 7.56. The maximum atomic E-state index is 13.2. The van der Waals surface area contributed by atoms with Gasteiger partial charge in [0.1, 0.15) is 0 Å². The van der Waals surface area contributed by atoms with Crippen molar-refractivity contribution >= 4 is 11.8 Å². The van der Waals surface area contributed by atoms with E-state index in [-0.39, 0.29) is 17.2 Å². The summed E-state index contributed by atoms with van der Waals surface area (Å²) in [4.78, 5) is 30.3. The first-order valence-electron chi connectivity index (χ1n) is 12.0. The fraction of sp³-hybridized carbons (Fsp3) is 0.680. The van der Waals surface area contributed by atoms with Crippen LogP contribution >= 0.6 is 0 Å². The summed E-state index contributed by atoms with van der Waals surface area (Å²) in [6, 6.07) is 8.48. The highest BCUT2D eigenvalue weighted by Crippen LogP contribution is 2.41. The Morgan fingerprint density at radius 3 is 2.40 bits per heavy atom. The topological polar surface area (TPSA) is 52.7 Å². The second kappa shape index (κ2) is 9.51. The Balaban J connectivity index is 1.25.